The molecule has 0 spiro atoms. The Kier molecular flexibility index (Phi) is 6.16. The van der Waals surface area contributed by atoms with Crippen molar-refractivity contribution in [1.29, 1.82) is 0 Å². The first-order chi connectivity index (χ1) is 10.2. The minimum atomic E-state index is -0.0957. The van der Waals surface area contributed by atoms with Crippen LogP contribution in [0.2, 0.25) is 0 Å². The predicted octanol–water partition coefficient (Wildman–Crippen LogP) is -0.405. The van der Waals surface area contributed by atoms with Gasteiger partial charge in [-0.25, -0.2) is 4.68 Å². The topological polar surface area (TPSA) is 71.4 Å². The molecule has 1 aromatic heterocycles. The van der Waals surface area contributed by atoms with E-state index in [9.17, 15) is 4.79 Å². The van der Waals surface area contributed by atoms with Gasteiger partial charge in [-0.3, -0.25) is 9.69 Å². The Balaban J connectivity index is 1.92. The molecular formula is C14H25N5O2. The number of morpholine rings is 1. The Hall–Kier alpha value is -1.44. The number of hydrogen-bond acceptors (Lipinski definition) is 6. The molecule has 0 bridgehead atoms. The van der Waals surface area contributed by atoms with Crippen molar-refractivity contribution in [3.8, 4) is 0 Å². The third kappa shape index (κ3) is 4.80. The van der Waals surface area contributed by atoms with Crippen molar-refractivity contribution in [2.75, 3.05) is 51.7 Å². The van der Waals surface area contributed by atoms with Gasteiger partial charge in [-0.15, -0.1) is 0 Å². The molecule has 1 aromatic rings. The lowest BCUT2D eigenvalue weighted by atomic mass is 10.2. The van der Waals surface area contributed by atoms with Crippen LogP contribution in [0.4, 0.5) is 5.69 Å². The second-order valence-corrected chi connectivity index (χ2v) is 5.18. The molecule has 7 nitrogen and oxygen atoms in total. The van der Waals surface area contributed by atoms with Gasteiger partial charge in [0.15, 0.2) is 0 Å². The standard InChI is InChI=1S/C14H25N5O2/c1-3-18-6-7-21-13(10-18)11-19-14(20)8-12(9-17-19)16-5-4-15-2/h8-9,13,15-16H,3-7,10-11H2,1-2H3. The van der Waals surface area contributed by atoms with Crippen LogP contribution < -0.4 is 16.2 Å². The smallest absolute Gasteiger partial charge is 0.268 e. The van der Waals surface area contributed by atoms with Crippen LogP contribution >= 0.6 is 0 Å². The van der Waals surface area contributed by atoms with Gasteiger partial charge in [0.25, 0.3) is 5.56 Å². The Labute approximate surface area is 125 Å². The average molecular weight is 295 g/mol. The van der Waals surface area contributed by atoms with Gasteiger partial charge in [-0.05, 0) is 13.6 Å². The molecule has 0 aromatic carbocycles. The number of aromatic nitrogens is 2. The number of rotatable bonds is 7. The number of nitrogens with one attached hydrogen (secondary N) is 2. The lowest BCUT2D eigenvalue weighted by Crippen LogP contribution is -2.45. The maximum absolute atomic E-state index is 12.1. The fraction of sp³-hybridized carbons (Fsp3) is 0.714. The first-order valence-corrected chi connectivity index (χ1v) is 7.52. The fourth-order valence-electron chi connectivity index (χ4n) is 2.37. The molecule has 1 aliphatic rings. The van der Waals surface area contributed by atoms with Crippen LogP contribution in [0.1, 0.15) is 6.92 Å². The lowest BCUT2D eigenvalue weighted by molar-refractivity contribution is -0.0364. The van der Waals surface area contributed by atoms with Crippen LogP contribution in [-0.2, 0) is 11.3 Å². The van der Waals surface area contributed by atoms with E-state index in [0.717, 1.165) is 45.0 Å². The molecule has 2 rings (SSSR count). The van der Waals surface area contributed by atoms with Gasteiger partial charge < -0.3 is 15.4 Å². The Morgan fingerprint density at radius 2 is 2.33 bits per heavy atom. The summed E-state index contributed by atoms with van der Waals surface area (Å²) in [6.07, 6.45) is 1.73. The fourth-order valence-corrected chi connectivity index (χ4v) is 2.37. The third-order valence-electron chi connectivity index (χ3n) is 3.62. The Morgan fingerprint density at radius 3 is 3.05 bits per heavy atom. The van der Waals surface area contributed by atoms with E-state index in [-0.39, 0.29) is 11.7 Å². The number of anilines is 1. The largest absolute Gasteiger partial charge is 0.382 e. The van der Waals surface area contributed by atoms with Crippen LogP contribution in [0.3, 0.4) is 0 Å². The van der Waals surface area contributed by atoms with Gasteiger partial charge in [0, 0.05) is 32.2 Å². The number of hydrogen-bond donors (Lipinski definition) is 2. The quantitative estimate of drug-likeness (QED) is 0.667. The summed E-state index contributed by atoms with van der Waals surface area (Å²) >= 11 is 0. The summed E-state index contributed by atoms with van der Waals surface area (Å²) in [5.41, 5.74) is 0.660. The number of likely N-dealkylation sites (N-methyl/N-ethyl adjacent to an activating group) is 2. The molecule has 0 radical (unpaired) electrons. The highest BCUT2D eigenvalue weighted by Crippen LogP contribution is 2.06. The molecule has 1 fully saturated rings. The van der Waals surface area contributed by atoms with E-state index in [1.165, 1.54) is 4.68 Å². The molecule has 1 aliphatic heterocycles. The number of ether oxygens (including phenoxy) is 1. The van der Waals surface area contributed by atoms with Crippen LogP contribution in [0.5, 0.6) is 0 Å². The van der Waals surface area contributed by atoms with E-state index in [4.69, 9.17) is 4.74 Å². The van der Waals surface area contributed by atoms with Gasteiger partial charge in [0.2, 0.25) is 0 Å². The van der Waals surface area contributed by atoms with Crippen LogP contribution in [0.15, 0.2) is 17.1 Å². The monoisotopic (exact) mass is 295 g/mol. The maximum atomic E-state index is 12.1. The van der Waals surface area contributed by atoms with E-state index < -0.39 is 0 Å². The minimum absolute atomic E-state index is 0.0343. The second kappa shape index (κ2) is 8.11. The summed E-state index contributed by atoms with van der Waals surface area (Å²) in [6.45, 7) is 7.79. The van der Waals surface area contributed by atoms with E-state index in [1.54, 1.807) is 12.3 Å². The van der Waals surface area contributed by atoms with E-state index >= 15 is 0 Å². The Bertz CT molecular complexity index is 490. The molecule has 21 heavy (non-hydrogen) atoms. The highest BCUT2D eigenvalue weighted by Gasteiger charge is 2.20. The summed E-state index contributed by atoms with van der Waals surface area (Å²) < 4.78 is 7.19. The van der Waals surface area contributed by atoms with E-state index in [1.807, 2.05) is 7.05 Å². The minimum Gasteiger partial charge on any atom is -0.382 e. The summed E-state index contributed by atoms with van der Waals surface area (Å²) in [5, 5.41) is 10.4. The molecule has 1 atom stereocenters. The molecule has 0 aliphatic carbocycles. The van der Waals surface area contributed by atoms with Gasteiger partial charge in [-0.2, -0.15) is 5.10 Å². The SMILES string of the molecule is CCN1CCOC(Cn2ncc(NCCNC)cc2=O)C1. The molecule has 118 valence electrons. The van der Waals surface area contributed by atoms with Crippen molar-refractivity contribution >= 4 is 5.69 Å². The molecule has 2 N–H and O–H groups in total. The number of nitrogens with zero attached hydrogens (tertiary/aromatic N) is 3. The normalized spacial score (nSPS) is 19.6. The zero-order chi connectivity index (χ0) is 15.1. The molecule has 1 unspecified atom stereocenters. The van der Waals surface area contributed by atoms with Crippen LogP contribution in [0.25, 0.3) is 0 Å². The van der Waals surface area contributed by atoms with Crippen molar-refractivity contribution < 1.29 is 4.74 Å². The van der Waals surface area contributed by atoms with E-state index in [0.29, 0.717) is 6.54 Å². The molecular weight excluding hydrogens is 270 g/mol. The highest BCUT2D eigenvalue weighted by atomic mass is 16.5. The van der Waals surface area contributed by atoms with Gasteiger partial charge in [0.1, 0.15) is 0 Å². The van der Waals surface area contributed by atoms with Gasteiger partial charge in [0.05, 0.1) is 31.1 Å². The maximum Gasteiger partial charge on any atom is 0.268 e. The van der Waals surface area contributed by atoms with Crippen molar-refractivity contribution in [3.05, 3.63) is 22.6 Å². The van der Waals surface area contributed by atoms with Crippen LogP contribution in [-0.4, -0.2) is 67.2 Å². The molecule has 2 heterocycles. The average Bonchev–Trinajstić information content (AvgIpc) is 2.50. The second-order valence-electron chi connectivity index (χ2n) is 5.18. The first-order valence-electron chi connectivity index (χ1n) is 7.52. The third-order valence-corrected chi connectivity index (χ3v) is 3.62. The van der Waals surface area contributed by atoms with Crippen LogP contribution in [0, 0.1) is 0 Å². The van der Waals surface area contributed by atoms with Crippen molar-refractivity contribution in [2.45, 2.75) is 19.6 Å². The lowest BCUT2D eigenvalue weighted by Gasteiger charge is -2.31. The van der Waals surface area contributed by atoms with Gasteiger partial charge >= 0.3 is 0 Å². The zero-order valence-corrected chi connectivity index (χ0v) is 12.8. The highest BCUT2D eigenvalue weighted by molar-refractivity contribution is 5.38. The molecule has 7 heteroatoms. The molecule has 1 saturated heterocycles. The van der Waals surface area contributed by atoms with E-state index in [2.05, 4.69) is 27.6 Å². The van der Waals surface area contributed by atoms with Crippen molar-refractivity contribution in [3.63, 3.8) is 0 Å². The van der Waals surface area contributed by atoms with Crippen molar-refractivity contribution in [2.24, 2.45) is 0 Å². The van der Waals surface area contributed by atoms with Crippen molar-refractivity contribution in [1.82, 2.24) is 20.0 Å². The Morgan fingerprint density at radius 1 is 1.48 bits per heavy atom. The summed E-state index contributed by atoms with van der Waals surface area (Å²) in [5.74, 6) is 0. The summed E-state index contributed by atoms with van der Waals surface area (Å²) in [7, 11) is 1.89. The summed E-state index contributed by atoms with van der Waals surface area (Å²) in [4.78, 5) is 14.4. The zero-order valence-electron chi connectivity index (χ0n) is 12.8. The van der Waals surface area contributed by atoms with Gasteiger partial charge in [-0.1, -0.05) is 6.92 Å². The predicted molar refractivity (Wildman–Crippen MR) is 82.8 cm³/mol. The molecule has 0 saturated carbocycles. The summed E-state index contributed by atoms with van der Waals surface area (Å²) in [6, 6.07) is 1.59. The first kappa shape index (κ1) is 15.9. The molecule has 0 amide bonds.